The molecule has 0 saturated heterocycles. The lowest BCUT2D eigenvalue weighted by atomic mass is 10.0. The van der Waals surface area contributed by atoms with Gasteiger partial charge in [-0.25, -0.2) is 0 Å². The molecule has 2 amide bonds. The maximum absolute atomic E-state index is 13.4. The Labute approximate surface area is 238 Å². The topological polar surface area (TPSA) is 91.6 Å². The molecule has 0 radical (unpaired) electrons. The summed E-state index contributed by atoms with van der Waals surface area (Å²) in [7, 11) is 1.80. The van der Waals surface area contributed by atoms with Crippen LogP contribution in [0.1, 0.15) is 86.8 Å². The van der Waals surface area contributed by atoms with E-state index >= 15 is 0 Å². The number of nitrogens with zero attached hydrogens (tertiary/aromatic N) is 2. The Morgan fingerprint density at radius 3 is 2.40 bits per heavy atom. The molecule has 216 valence electrons. The molecule has 7 nitrogen and oxygen atoms in total. The van der Waals surface area contributed by atoms with Gasteiger partial charge in [-0.05, 0) is 55.5 Å². The number of benzene rings is 2. The molecular weight excluding hydrogens is 502 g/mol. The summed E-state index contributed by atoms with van der Waals surface area (Å²) in [6.07, 6.45) is 7.54. The van der Waals surface area contributed by atoms with E-state index < -0.39 is 6.04 Å². The summed E-state index contributed by atoms with van der Waals surface area (Å²) in [5.41, 5.74) is 3.12. The fourth-order valence-corrected chi connectivity index (χ4v) is 5.23. The number of phenols is 1. The van der Waals surface area contributed by atoms with E-state index in [1.165, 1.54) is 0 Å². The van der Waals surface area contributed by atoms with Crippen LogP contribution in [-0.4, -0.2) is 51.9 Å². The van der Waals surface area contributed by atoms with E-state index in [-0.39, 0.29) is 29.9 Å². The van der Waals surface area contributed by atoms with Crippen molar-refractivity contribution in [2.45, 2.75) is 91.0 Å². The van der Waals surface area contributed by atoms with Crippen LogP contribution < -0.4 is 5.32 Å². The monoisotopic (exact) mass is 547 g/mol. The largest absolute Gasteiger partial charge is 0.508 e. The van der Waals surface area contributed by atoms with Crippen LogP contribution in [0.5, 0.6) is 5.75 Å². The summed E-state index contributed by atoms with van der Waals surface area (Å²) < 4.78 is 1.66. The number of amides is 2. The lowest BCUT2D eigenvalue weighted by Crippen LogP contribution is -2.48. The van der Waals surface area contributed by atoms with Crippen LogP contribution in [0.4, 0.5) is 0 Å². The lowest BCUT2D eigenvalue weighted by Gasteiger charge is -2.25. The van der Waals surface area contributed by atoms with Crippen LogP contribution >= 0.6 is 0 Å². The van der Waals surface area contributed by atoms with E-state index in [1.54, 1.807) is 34.7 Å². The minimum atomic E-state index is -0.583. The first-order chi connectivity index (χ1) is 19.3. The van der Waals surface area contributed by atoms with Crippen LogP contribution in [0.3, 0.4) is 0 Å². The van der Waals surface area contributed by atoms with E-state index in [4.69, 9.17) is 0 Å². The molecule has 0 fully saturated rings. The third kappa shape index (κ3) is 8.20. The SMILES string of the molecule is CCCCCCC(NC(=O)Cc1c(C)n(C(=O)CCc2ccccc2)c2ccc(O)cc12)C(=O)N(C)CCCC. The molecule has 0 aliphatic heterocycles. The van der Waals surface area contributed by atoms with Crippen molar-refractivity contribution in [2.75, 3.05) is 13.6 Å². The van der Waals surface area contributed by atoms with Crippen molar-refractivity contribution in [2.24, 2.45) is 0 Å². The molecule has 1 heterocycles. The number of aromatic nitrogens is 1. The van der Waals surface area contributed by atoms with E-state index in [2.05, 4.69) is 19.2 Å². The molecule has 2 aromatic carbocycles. The van der Waals surface area contributed by atoms with Crippen molar-refractivity contribution in [1.82, 2.24) is 14.8 Å². The number of aromatic hydroxyl groups is 1. The lowest BCUT2D eigenvalue weighted by molar-refractivity contribution is -0.135. The number of unbranched alkanes of at least 4 members (excludes halogenated alkanes) is 4. The highest BCUT2D eigenvalue weighted by molar-refractivity contribution is 5.99. The molecule has 3 rings (SSSR count). The number of fused-ring (bicyclic) bond motifs is 1. The number of hydrogen-bond donors (Lipinski definition) is 2. The van der Waals surface area contributed by atoms with Crippen molar-refractivity contribution >= 4 is 28.6 Å². The number of likely N-dealkylation sites (N-methyl/N-ethyl adjacent to an activating group) is 1. The Kier molecular flexibility index (Phi) is 11.8. The predicted molar refractivity (Wildman–Crippen MR) is 161 cm³/mol. The normalized spacial score (nSPS) is 11.9. The highest BCUT2D eigenvalue weighted by Gasteiger charge is 2.26. The van der Waals surface area contributed by atoms with Crippen LogP contribution in [0.25, 0.3) is 10.9 Å². The first kappa shape index (κ1) is 30.9. The van der Waals surface area contributed by atoms with Crippen molar-refractivity contribution in [3.8, 4) is 5.75 Å². The number of rotatable bonds is 15. The summed E-state index contributed by atoms with van der Waals surface area (Å²) in [4.78, 5) is 41.7. The molecule has 2 N–H and O–H groups in total. The standard InChI is InChI=1S/C33H45N3O4/c1-5-7-9-13-16-29(33(40)35(4)21-8-6-2)34-31(38)23-27-24(3)36(30-19-18-26(37)22-28(27)30)32(39)20-17-25-14-11-10-12-15-25/h10-12,14-15,18-19,22,29,37H,5-9,13,16-17,20-21,23H2,1-4H3,(H,34,38). The molecule has 0 aliphatic rings. The average Bonchev–Trinajstić information content (AvgIpc) is 3.22. The summed E-state index contributed by atoms with van der Waals surface area (Å²) in [6, 6.07) is 14.2. The van der Waals surface area contributed by atoms with Gasteiger partial charge < -0.3 is 15.3 Å². The molecule has 7 heteroatoms. The third-order valence-electron chi connectivity index (χ3n) is 7.58. The Bertz CT molecular complexity index is 1280. The van der Waals surface area contributed by atoms with Gasteiger partial charge in [-0.15, -0.1) is 0 Å². The maximum Gasteiger partial charge on any atom is 0.244 e. The number of phenolic OH excluding ortho intramolecular Hbond substituents is 1. The molecule has 0 bridgehead atoms. The summed E-state index contributed by atoms with van der Waals surface area (Å²) >= 11 is 0. The zero-order chi connectivity index (χ0) is 29.1. The van der Waals surface area contributed by atoms with Gasteiger partial charge in [0.05, 0.1) is 11.9 Å². The summed E-state index contributed by atoms with van der Waals surface area (Å²) in [6.45, 7) is 6.73. The van der Waals surface area contributed by atoms with Gasteiger partial charge in [0.25, 0.3) is 0 Å². The van der Waals surface area contributed by atoms with Gasteiger partial charge in [0.2, 0.25) is 17.7 Å². The number of nitrogens with one attached hydrogen (secondary N) is 1. The number of carbonyl (C=O) groups excluding carboxylic acids is 3. The average molecular weight is 548 g/mol. The summed E-state index contributed by atoms with van der Waals surface area (Å²) in [5, 5.41) is 13.9. The number of carbonyl (C=O) groups is 3. The van der Waals surface area contributed by atoms with Gasteiger partial charge in [-0.3, -0.25) is 19.0 Å². The molecule has 1 aromatic heterocycles. The van der Waals surface area contributed by atoms with Crippen molar-refractivity contribution in [3.63, 3.8) is 0 Å². The Morgan fingerprint density at radius 2 is 1.70 bits per heavy atom. The highest BCUT2D eigenvalue weighted by Crippen LogP contribution is 2.30. The van der Waals surface area contributed by atoms with E-state index in [9.17, 15) is 19.5 Å². The molecular formula is C33H45N3O4. The van der Waals surface area contributed by atoms with Crippen LogP contribution in [0, 0.1) is 6.92 Å². The molecule has 1 atom stereocenters. The fraction of sp³-hybridized carbons (Fsp3) is 0.485. The first-order valence-corrected chi connectivity index (χ1v) is 14.7. The molecule has 0 spiro atoms. The maximum atomic E-state index is 13.4. The molecule has 0 saturated carbocycles. The second-order valence-electron chi connectivity index (χ2n) is 10.7. The van der Waals surface area contributed by atoms with Crippen molar-refractivity contribution in [3.05, 3.63) is 65.4 Å². The quantitative estimate of drug-likeness (QED) is 0.222. The van der Waals surface area contributed by atoms with Gasteiger partial charge in [0, 0.05) is 31.1 Å². The Balaban J connectivity index is 1.82. The fourth-order valence-electron chi connectivity index (χ4n) is 5.23. The first-order valence-electron chi connectivity index (χ1n) is 14.7. The van der Waals surface area contributed by atoms with E-state index in [0.29, 0.717) is 48.0 Å². The molecule has 3 aromatic rings. The molecule has 1 unspecified atom stereocenters. The predicted octanol–water partition coefficient (Wildman–Crippen LogP) is 6.18. The van der Waals surface area contributed by atoms with Gasteiger partial charge >= 0.3 is 0 Å². The number of aryl methyl sites for hydroxylation is 1. The van der Waals surface area contributed by atoms with Gasteiger partial charge in [-0.1, -0.05) is 76.3 Å². The second kappa shape index (κ2) is 15.2. The zero-order valence-corrected chi connectivity index (χ0v) is 24.5. The number of hydrogen-bond acceptors (Lipinski definition) is 4. The minimum absolute atomic E-state index is 0.0160. The van der Waals surface area contributed by atoms with Crippen LogP contribution in [0.2, 0.25) is 0 Å². The minimum Gasteiger partial charge on any atom is -0.508 e. The molecule has 0 aliphatic carbocycles. The highest BCUT2D eigenvalue weighted by atomic mass is 16.3. The van der Waals surface area contributed by atoms with E-state index in [1.807, 2.05) is 37.3 Å². The van der Waals surface area contributed by atoms with Crippen molar-refractivity contribution < 1.29 is 19.5 Å². The third-order valence-corrected chi connectivity index (χ3v) is 7.58. The van der Waals surface area contributed by atoms with Gasteiger partial charge in [-0.2, -0.15) is 0 Å². The zero-order valence-electron chi connectivity index (χ0n) is 24.5. The van der Waals surface area contributed by atoms with Crippen molar-refractivity contribution in [1.29, 1.82) is 0 Å². The van der Waals surface area contributed by atoms with Gasteiger partial charge in [0.1, 0.15) is 11.8 Å². The smallest absolute Gasteiger partial charge is 0.244 e. The van der Waals surface area contributed by atoms with Gasteiger partial charge in [0.15, 0.2) is 0 Å². The Hall–Kier alpha value is -3.61. The Morgan fingerprint density at radius 1 is 0.975 bits per heavy atom. The molecule has 40 heavy (non-hydrogen) atoms. The van der Waals surface area contributed by atoms with Crippen LogP contribution in [0.15, 0.2) is 48.5 Å². The van der Waals surface area contributed by atoms with Crippen LogP contribution in [-0.2, 0) is 22.4 Å². The second-order valence-corrected chi connectivity index (χ2v) is 10.7. The van der Waals surface area contributed by atoms with E-state index in [0.717, 1.165) is 44.1 Å². The summed E-state index contributed by atoms with van der Waals surface area (Å²) in [5.74, 6) is -0.319.